The SMILES string of the molecule is CCc1csc2ncnc(Nc3ccccc3OC(C)C)c12. The van der Waals surface area contributed by atoms with Crippen LogP contribution in [0.5, 0.6) is 5.75 Å². The zero-order valence-corrected chi connectivity index (χ0v) is 13.8. The molecule has 4 nitrogen and oxygen atoms in total. The highest BCUT2D eigenvalue weighted by atomic mass is 32.1. The van der Waals surface area contributed by atoms with E-state index in [0.717, 1.165) is 33.9 Å². The lowest BCUT2D eigenvalue weighted by atomic mass is 10.2. The molecule has 0 fully saturated rings. The Bertz CT molecular complexity index is 782. The Morgan fingerprint density at radius 1 is 1.23 bits per heavy atom. The second kappa shape index (κ2) is 6.32. The van der Waals surface area contributed by atoms with Crippen LogP contribution in [0, 0.1) is 0 Å². The Labute approximate surface area is 134 Å². The quantitative estimate of drug-likeness (QED) is 0.736. The van der Waals surface area contributed by atoms with Crippen LogP contribution >= 0.6 is 11.3 Å². The summed E-state index contributed by atoms with van der Waals surface area (Å²) in [4.78, 5) is 9.80. The topological polar surface area (TPSA) is 47.0 Å². The summed E-state index contributed by atoms with van der Waals surface area (Å²) in [5.41, 5.74) is 2.19. The second-order valence-corrected chi connectivity index (χ2v) is 6.16. The molecule has 3 aromatic rings. The molecule has 0 aliphatic heterocycles. The van der Waals surface area contributed by atoms with Crippen LogP contribution in [0.15, 0.2) is 36.0 Å². The lowest BCUT2D eigenvalue weighted by Crippen LogP contribution is -2.07. The maximum absolute atomic E-state index is 5.86. The number of nitrogens with one attached hydrogen (secondary N) is 1. The molecule has 0 bridgehead atoms. The third kappa shape index (κ3) is 2.90. The van der Waals surface area contributed by atoms with Crippen molar-refractivity contribution in [3.8, 4) is 5.75 Å². The molecular weight excluding hydrogens is 294 g/mol. The fraction of sp³-hybridized carbons (Fsp3) is 0.294. The predicted molar refractivity (Wildman–Crippen MR) is 92.3 cm³/mol. The maximum Gasteiger partial charge on any atom is 0.143 e. The van der Waals surface area contributed by atoms with E-state index in [9.17, 15) is 0 Å². The van der Waals surface area contributed by atoms with Crippen molar-refractivity contribution < 1.29 is 4.74 Å². The smallest absolute Gasteiger partial charge is 0.143 e. The van der Waals surface area contributed by atoms with E-state index >= 15 is 0 Å². The minimum atomic E-state index is 0.126. The fourth-order valence-corrected chi connectivity index (χ4v) is 3.34. The average Bonchev–Trinajstić information content (AvgIpc) is 2.93. The number of nitrogens with zero attached hydrogens (tertiary/aromatic N) is 2. The van der Waals surface area contributed by atoms with Gasteiger partial charge in [0.15, 0.2) is 0 Å². The van der Waals surface area contributed by atoms with E-state index in [1.54, 1.807) is 17.7 Å². The van der Waals surface area contributed by atoms with Gasteiger partial charge < -0.3 is 10.1 Å². The third-order valence-electron chi connectivity index (χ3n) is 3.33. The van der Waals surface area contributed by atoms with Gasteiger partial charge in [-0.2, -0.15) is 0 Å². The highest BCUT2D eigenvalue weighted by Gasteiger charge is 2.12. The van der Waals surface area contributed by atoms with Crippen LogP contribution in [-0.4, -0.2) is 16.1 Å². The van der Waals surface area contributed by atoms with Crippen LogP contribution in [0.25, 0.3) is 10.2 Å². The second-order valence-electron chi connectivity index (χ2n) is 5.30. The minimum Gasteiger partial charge on any atom is -0.489 e. The summed E-state index contributed by atoms with van der Waals surface area (Å²) in [6, 6.07) is 7.93. The van der Waals surface area contributed by atoms with E-state index < -0.39 is 0 Å². The Hall–Kier alpha value is -2.14. The first kappa shape index (κ1) is 14.8. The number of thiophene rings is 1. The Kier molecular flexibility index (Phi) is 4.24. The molecule has 0 aliphatic rings. The number of rotatable bonds is 5. The summed E-state index contributed by atoms with van der Waals surface area (Å²) >= 11 is 1.66. The zero-order chi connectivity index (χ0) is 15.5. The van der Waals surface area contributed by atoms with Crippen molar-refractivity contribution >= 4 is 33.1 Å². The van der Waals surface area contributed by atoms with Gasteiger partial charge in [-0.25, -0.2) is 9.97 Å². The molecule has 0 atom stereocenters. The summed E-state index contributed by atoms with van der Waals surface area (Å²) < 4.78 is 5.86. The van der Waals surface area contributed by atoms with Crippen molar-refractivity contribution in [1.29, 1.82) is 0 Å². The monoisotopic (exact) mass is 313 g/mol. The van der Waals surface area contributed by atoms with Crippen LogP contribution in [0.3, 0.4) is 0 Å². The van der Waals surface area contributed by atoms with Crippen LogP contribution in [0.1, 0.15) is 26.3 Å². The number of hydrogen-bond donors (Lipinski definition) is 1. The number of fused-ring (bicyclic) bond motifs is 1. The van der Waals surface area contributed by atoms with Gasteiger partial charge in [0.1, 0.15) is 22.7 Å². The Morgan fingerprint density at radius 3 is 2.82 bits per heavy atom. The number of benzene rings is 1. The van der Waals surface area contributed by atoms with Crippen LogP contribution < -0.4 is 10.1 Å². The molecule has 0 radical (unpaired) electrons. The van der Waals surface area contributed by atoms with Gasteiger partial charge in [-0.15, -0.1) is 11.3 Å². The summed E-state index contributed by atoms with van der Waals surface area (Å²) in [5.74, 6) is 1.67. The van der Waals surface area contributed by atoms with Crippen LogP contribution in [-0.2, 0) is 6.42 Å². The molecule has 0 unspecified atom stereocenters. The molecule has 0 saturated carbocycles. The van der Waals surface area contributed by atoms with Crippen molar-refractivity contribution in [1.82, 2.24) is 9.97 Å². The Morgan fingerprint density at radius 2 is 2.05 bits per heavy atom. The molecule has 2 heterocycles. The molecule has 0 aliphatic carbocycles. The van der Waals surface area contributed by atoms with E-state index in [1.807, 2.05) is 38.1 Å². The summed E-state index contributed by atoms with van der Waals surface area (Å²) in [6.07, 6.45) is 2.69. The van der Waals surface area contributed by atoms with Gasteiger partial charge in [0.25, 0.3) is 0 Å². The molecule has 0 saturated heterocycles. The van der Waals surface area contributed by atoms with E-state index in [-0.39, 0.29) is 6.10 Å². The zero-order valence-electron chi connectivity index (χ0n) is 13.0. The molecule has 1 aromatic carbocycles. The first-order chi connectivity index (χ1) is 10.7. The number of anilines is 2. The molecule has 0 spiro atoms. The molecule has 22 heavy (non-hydrogen) atoms. The summed E-state index contributed by atoms with van der Waals surface area (Å²) in [6.45, 7) is 6.19. The highest BCUT2D eigenvalue weighted by Crippen LogP contribution is 2.34. The largest absolute Gasteiger partial charge is 0.489 e. The van der Waals surface area contributed by atoms with E-state index in [2.05, 4.69) is 27.6 Å². The molecule has 0 amide bonds. The minimum absolute atomic E-state index is 0.126. The normalized spacial score (nSPS) is 11.1. The van der Waals surface area contributed by atoms with Crippen molar-refractivity contribution in [3.05, 3.63) is 41.5 Å². The predicted octanol–water partition coefficient (Wildman–Crippen LogP) is 4.78. The van der Waals surface area contributed by atoms with Crippen molar-refractivity contribution in [3.63, 3.8) is 0 Å². The first-order valence-electron chi connectivity index (χ1n) is 7.42. The van der Waals surface area contributed by atoms with Crippen molar-refractivity contribution in [2.75, 3.05) is 5.32 Å². The van der Waals surface area contributed by atoms with Crippen LogP contribution in [0.2, 0.25) is 0 Å². The molecule has 1 N–H and O–H groups in total. The van der Waals surface area contributed by atoms with Gasteiger partial charge >= 0.3 is 0 Å². The van der Waals surface area contributed by atoms with Gasteiger partial charge in [-0.05, 0) is 43.3 Å². The van der Waals surface area contributed by atoms with Gasteiger partial charge in [-0.1, -0.05) is 19.1 Å². The number of aromatic nitrogens is 2. The number of ether oxygens (including phenoxy) is 1. The van der Waals surface area contributed by atoms with Gasteiger partial charge in [0.2, 0.25) is 0 Å². The molecule has 114 valence electrons. The van der Waals surface area contributed by atoms with E-state index in [1.165, 1.54) is 5.56 Å². The Balaban J connectivity index is 2.02. The third-order valence-corrected chi connectivity index (χ3v) is 4.27. The lowest BCUT2D eigenvalue weighted by molar-refractivity contribution is 0.244. The van der Waals surface area contributed by atoms with Gasteiger partial charge in [0, 0.05) is 0 Å². The number of hydrogen-bond acceptors (Lipinski definition) is 5. The first-order valence-corrected chi connectivity index (χ1v) is 8.30. The molecule has 5 heteroatoms. The maximum atomic E-state index is 5.86. The summed E-state index contributed by atoms with van der Waals surface area (Å²) in [7, 11) is 0. The lowest BCUT2D eigenvalue weighted by Gasteiger charge is -2.15. The van der Waals surface area contributed by atoms with E-state index in [4.69, 9.17) is 4.74 Å². The van der Waals surface area contributed by atoms with Crippen molar-refractivity contribution in [2.24, 2.45) is 0 Å². The standard InChI is InChI=1S/C17H19N3OS/c1-4-12-9-22-17-15(12)16(18-10-19-17)20-13-7-5-6-8-14(13)21-11(2)3/h5-11H,4H2,1-3H3,(H,18,19,20). The highest BCUT2D eigenvalue weighted by molar-refractivity contribution is 7.17. The van der Waals surface area contributed by atoms with Gasteiger partial charge in [0.05, 0.1) is 17.2 Å². The van der Waals surface area contributed by atoms with Crippen molar-refractivity contribution in [2.45, 2.75) is 33.3 Å². The molecule has 3 rings (SSSR count). The number of aryl methyl sites for hydroxylation is 1. The molecular formula is C17H19N3OS. The van der Waals surface area contributed by atoms with Gasteiger partial charge in [-0.3, -0.25) is 0 Å². The number of para-hydroxylation sites is 2. The van der Waals surface area contributed by atoms with Crippen LogP contribution in [0.4, 0.5) is 11.5 Å². The average molecular weight is 313 g/mol. The van der Waals surface area contributed by atoms with E-state index in [0.29, 0.717) is 0 Å². The fourth-order valence-electron chi connectivity index (χ4n) is 2.34. The summed E-state index contributed by atoms with van der Waals surface area (Å²) in [5, 5.41) is 6.67. The molecule has 2 aromatic heterocycles.